The van der Waals surface area contributed by atoms with Crippen LogP contribution in [0.2, 0.25) is 0 Å². The van der Waals surface area contributed by atoms with Crippen LogP contribution in [0.5, 0.6) is 5.75 Å². The predicted molar refractivity (Wildman–Crippen MR) is 94.3 cm³/mol. The van der Waals surface area contributed by atoms with Gasteiger partial charge in [0.15, 0.2) is 0 Å². The van der Waals surface area contributed by atoms with Crippen LogP contribution in [0.4, 0.5) is 5.95 Å². The molecule has 128 valence electrons. The fraction of sp³-hybridized carbons (Fsp3) is 0.333. The summed E-state index contributed by atoms with van der Waals surface area (Å²) in [6.07, 6.45) is 1.59. The number of carbonyl (C=O) groups excluding carboxylic acids is 1. The third kappa shape index (κ3) is 6.29. The quantitative estimate of drug-likeness (QED) is 0.360. The van der Waals surface area contributed by atoms with E-state index in [0.29, 0.717) is 11.1 Å². The topological polar surface area (TPSA) is 115 Å². The summed E-state index contributed by atoms with van der Waals surface area (Å²) in [4.78, 5) is 15.9. The summed E-state index contributed by atoms with van der Waals surface area (Å²) in [6, 6.07) is 6.62. The van der Waals surface area contributed by atoms with Crippen molar-refractivity contribution in [1.82, 2.24) is 20.5 Å². The number of amides is 1. The van der Waals surface area contributed by atoms with E-state index in [0.717, 1.165) is 5.56 Å². The number of aromatic amines is 1. The van der Waals surface area contributed by atoms with E-state index < -0.39 is 0 Å². The maximum Gasteiger partial charge on any atom is 0.240 e. The molecule has 0 spiro atoms. The molecule has 0 aliphatic rings. The number of phenolic OH excluding ortho intramolecular Hbond substituents is 1. The molecule has 0 aliphatic carbocycles. The van der Waals surface area contributed by atoms with Gasteiger partial charge in [0.25, 0.3) is 0 Å². The third-order valence-corrected chi connectivity index (χ3v) is 3.44. The average Bonchev–Trinajstić information content (AvgIpc) is 2.93. The van der Waals surface area contributed by atoms with Crippen LogP contribution in [0.3, 0.4) is 0 Å². The highest BCUT2D eigenvalue weighted by Crippen LogP contribution is 2.14. The van der Waals surface area contributed by atoms with Crippen LogP contribution in [-0.2, 0) is 4.79 Å². The number of thioether (sulfide) groups is 1. The van der Waals surface area contributed by atoms with Crippen molar-refractivity contribution in [1.29, 1.82) is 0 Å². The molecule has 1 amide bonds. The minimum absolute atomic E-state index is 0.0721. The van der Waals surface area contributed by atoms with Gasteiger partial charge in [-0.15, -0.1) is 5.10 Å². The molecule has 0 saturated heterocycles. The molecule has 0 unspecified atom stereocenters. The predicted octanol–water partition coefficient (Wildman–Crippen LogP) is 1.96. The van der Waals surface area contributed by atoms with Gasteiger partial charge in [-0.1, -0.05) is 11.8 Å². The zero-order valence-electron chi connectivity index (χ0n) is 13.7. The fourth-order valence-corrected chi connectivity index (χ4v) is 2.27. The van der Waals surface area contributed by atoms with Gasteiger partial charge in [0.05, 0.1) is 12.0 Å². The van der Waals surface area contributed by atoms with E-state index in [1.54, 1.807) is 30.5 Å². The van der Waals surface area contributed by atoms with Gasteiger partial charge in [-0.2, -0.15) is 10.1 Å². The molecule has 2 aromatic rings. The van der Waals surface area contributed by atoms with Gasteiger partial charge < -0.3 is 10.4 Å². The Morgan fingerprint density at radius 2 is 2.08 bits per heavy atom. The van der Waals surface area contributed by atoms with Gasteiger partial charge in [-0.3, -0.25) is 4.79 Å². The minimum Gasteiger partial charge on any atom is -0.508 e. The summed E-state index contributed by atoms with van der Waals surface area (Å²) in [7, 11) is 0. The molecule has 4 N–H and O–H groups in total. The number of carbonyl (C=O) groups is 1. The number of rotatable bonds is 6. The number of hydrogen-bond acceptors (Lipinski definition) is 7. The lowest BCUT2D eigenvalue weighted by molar-refractivity contribution is -0.119. The molecular formula is C15H20N6O2S. The van der Waals surface area contributed by atoms with Crippen molar-refractivity contribution in [3.05, 3.63) is 29.8 Å². The monoisotopic (exact) mass is 348 g/mol. The van der Waals surface area contributed by atoms with E-state index in [-0.39, 0.29) is 22.9 Å². The first kappa shape index (κ1) is 17.8. The van der Waals surface area contributed by atoms with E-state index >= 15 is 0 Å². The van der Waals surface area contributed by atoms with Crippen molar-refractivity contribution >= 4 is 29.8 Å². The molecule has 1 aromatic carbocycles. The van der Waals surface area contributed by atoms with E-state index in [1.807, 2.05) is 20.8 Å². The Labute approximate surface area is 144 Å². The summed E-state index contributed by atoms with van der Waals surface area (Å²) in [6.45, 7) is 5.78. The molecule has 0 atom stereocenters. The van der Waals surface area contributed by atoms with E-state index in [1.165, 1.54) is 11.8 Å². The van der Waals surface area contributed by atoms with E-state index in [2.05, 4.69) is 31.0 Å². The van der Waals surface area contributed by atoms with Gasteiger partial charge in [-0.05, 0) is 50.6 Å². The lowest BCUT2D eigenvalue weighted by atomic mass is 10.1. The lowest BCUT2D eigenvalue weighted by Crippen LogP contribution is -2.41. The number of anilines is 1. The fourth-order valence-electron chi connectivity index (χ4n) is 1.67. The number of aromatic nitrogens is 3. The van der Waals surface area contributed by atoms with Crippen LogP contribution >= 0.6 is 11.8 Å². The first-order valence-electron chi connectivity index (χ1n) is 7.26. The van der Waals surface area contributed by atoms with Gasteiger partial charge in [0, 0.05) is 5.54 Å². The van der Waals surface area contributed by atoms with Gasteiger partial charge >= 0.3 is 0 Å². The Morgan fingerprint density at radius 3 is 2.75 bits per heavy atom. The van der Waals surface area contributed by atoms with Gasteiger partial charge in [0.2, 0.25) is 17.0 Å². The van der Waals surface area contributed by atoms with Crippen molar-refractivity contribution in [3.8, 4) is 5.75 Å². The summed E-state index contributed by atoms with van der Waals surface area (Å²) < 4.78 is 0. The van der Waals surface area contributed by atoms with E-state index in [4.69, 9.17) is 0 Å². The number of phenols is 1. The maximum absolute atomic E-state index is 11.7. The van der Waals surface area contributed by atoms with Crippen molar-refractivity contribution < 1.29 is 9.90 Å². The Morgan fingerprint density at radius 1 is 1.38 bits per heavy atom. The molecule has 0 saturated carbocycles. The summed E-state index contributed by atoms with van der Waals surface area (Å²) >= 11 is 1.24. The highest BCUT2D eigenvalue weighted by Gasteiger charge is 2.14. The standard InChI is InChI=1S/C15H20N6O2S/c1-15(2,3)18-12(23)9-24-14-17-13(20-21-14)19-16-8-10-4-6-11(22)7-5-10/h4-8,22H,9H2,1-3H3,(H,18,23)(H2,17,19,20,21)/b16-8+. The molecular weight excluding hydrogens is 328 g/mol. The highest BCUT2D eigenvalue weighted by molar-refractivity contribution is 7.99. The van der Waals surface area contributed by atoms with Gasteiger partial charge in [-0.25, -0.2) is 10.5 Å². The number of nitrogens with one attached hydrogen (secondary N) is 3. The van der Waals surface area contributed by atoms with Crippen LogP contribution < -0.4 is 10.7 Å². The van der Waals surface area contributed by atoms with Crippen LogP contribution in [0.25, 0.3) is 0 Å². The summed E-state index contributed by atoms with van der Waals surface area (Å²) in [5, 5.41) is 23.2. The molecule has 0 bridgehead atoms. The molecule has 0 aliphatic heterocycles. The normalized spacial score (nSPS) is 11.6. The number of hydrazone groups is 1. The average molecular weight is 348 g/mol. The smallest absolute Gasteiger partial charge is 0.240 e. The van der Waals surface area contributed by atoms with Crippen LogP contribution in [0, 0.1) is 0 Å². The molecule has 8 nitrogen and oxygen atoms in total. The molecule has 0 fully saturated rings. The zero-order valence-corrected chi connectivity index (χ0v) is 14.5. The molecule has 9 heteroatoms. The first-order chi connectivity index (χ1) is 11.3. The number of hydrogen-bond donors (Lipinski definition) is 4. The zero-order chi connectivity index (χ0) is 17.6. The first-order valence-corrected chi connectivity index (χ1v) is 8.25. The second-order valence-corrected chi connectivity index (χ2v) is 6.96. The SMILES string of the molecule is CC(C)(C)NC(=O)CSc1n[nH]c(N/N=C/c2ccc(O)cc2)n1. The molecule has 1 aromatic heterocycles. The molecule has 0 radical (unpaired) electrons. The second-order valence-electron chi connectivity index (χ2n) is 6.01. The van der Waals surface area contributed by atoms with Gasteiger partial charge in [0.1, 0.15) is 5.75 Å². The summed E-state index contributed by atoms with van der Waals surface area (Å²) in [5.74, 6) is 0.749. The number of H-pyrrole nitrogens is 1. The second kappa shape index (κ2) is 7.82. The van der Waals surface area contributed by atoms with Crippen LogP contribution in [-0.4, -0.2) is 43.7 Å². The number of benzene rings is 1. The molecule has 24 heavy (non-hydrogen) atoms. The number of nitrogens with zero attached hydrogens (tertiary/aromatic N) is 3. The van der Waals surface area contributed by atoms with Crippen molar-refractivity contribution in [2.75, 3.05) is 11.2 Å². The highest BCUT2D eigenvalue weighted by atomic mass is 32.2. The lowest BCUT2D eigenvalue weighted by Gasteiger charge is -2.19. The maximum atomic E-state index is 11.7. The Balaban J connectivity index is 1.80. The van der Waals surface area contributed by atoms with Crippen molar-refractivity contribution in [2.24, 2.45) is 5.10 Å². The molecule has 1 heterocycles. The van der Waals surface area contributed by atoms with E-state index in [9.17, 15) is 9.90 Å². The Bertz CT molecular complexity index is 705. The molecule has 2 rings (SSSR count). The van der Waals surface area contributed by atoms with Crippen molar-refractivity contribution in [2.45, 2.75) is 31.5 Å². The minimum atomic E-state index is -0.258. The van der Waals surface area contributed by atoms with Crippen LogP contribution in [0.1, 0.15) is 26.3 Å². The Hall–Kier alpha value is -2.55. The van der Waals surface area contributed by atoms with Crippen LogP contribution in [0.15, 0.2) is 34.5 Å². The summed E-state index contributed by atoms with van der Waals surface area (Å²) in [5.41, 5.74) is 3.29. The largest absolute Gasteiger partial charge is 0.508 e. The Kier molecular flexibility index (Phi) is 5.80. The number of aromatic hydroxyl groups is 1. The van der Waals surface area contributed by atoms with Crippen molar-refractivity contribution in [3.63, 3.8) is 0 Å². The third-order valence-electron chi connectivity index (χ3n) is 2.59.